The Morgan fingerprint density at radius 3 is 2.85 bits per heavy atom. The number of aromatic nitrogens is 2. The van der Waals surface area contributed by atoms with Gasteiger partial charge in [0.05, 0.1) is 22.7 Å². The van der Waals surface area contributed by atoms with E-state index in [4.69, 9.17) is 9.63 Å². The number of anilines is 1. The molecule has 0 spiro atoms. The van der Waals surface area contributed by atoms with Crippen LogP contribution in [-0.2, 0) is 6.54 Å². The smallest absolute Gasteiger partial charge is 0.337 e. The Balaban J connectivity index is 2.25. The minimum Gasteiger partial charge on any atom is -0.478 e. The molecule has 2 rings (SSSR count). The van der Waals surface area contributed by atoms with Crippen LogP contribution in [0.1, 0.15) is 22.1 Å². The molecule has 0 fully saturated rings. The van der Waals surface area contributed by atoms with Crippen LogP contribution in [0.3, 0.4) is 0 Å². The highest BCUT2D eigenvalue weighted by Gasteiger charge is 2.15. The van der Waals surface area contributed by atoms with E-state index >= 15 is 0 Å². The van der Waals surface area contributed by atoms with Crippen molar-refractivity contribution in [3.05, 3.63) is 45.6 Å². The molecular formula is C11H10N4O5. The second-order valence-electron chi connectivity index (χ2n) is 3.88. The standard InChI is InChI=1S/C11H10N4O5/c1-6-13-10(20-14-6)5-12-9-4-7(15(18)19)2-3-8(9)11(16)17/h2-4,12H,5H2,1H3,(H,16,17). The highest BCUT2D eigenvalue weighted by atomic mass is 16.6. The molecule has 0 atom stereocenters. The summed E-state index contributed by atoms with van der Waals surface area (Å²) in [6, 6.07) is 3.44. The van der Waals surface area contributed by atoms with E-state index in [9.17, 15) is 14.9 Å². The molecule has 0 bridgehead atoms. The van der Waals surface area contributed by atoms with Gasteiger partial charge in [-0.2, -0.15) is 4.98 Å². The van der Waals surface area contributed by atoms with Crippen molar-refractivity contribution in [3.8, 4) is 0 Å². The van der Waals surface area contributed by atoms with Crippen LogP contribution in [0.25, 0.3) is 0 Å². The molecular weight excluding hydrogens is 268 g/mol. The van der Waals surface area contributed by atoms with Crippen molar-refractivity contribution in [1.82, 2.24) is 10.1 Å². The molecule has 9 nitrogen and oxygen atoms in total. The van der Waals surface area contributed by atoms with E-state index in [1.807, 2.05) is 0 Å². The monoisotopic (exact) mass is 278 g/mol. The summed E-state index contributed by atoms with van der Waals surface area (Å²) >= 11 is 0. The normalized spacial score (nSPS) is 10.2. The first-order valence-corrected chi connectivity index (χ1v) is 5.52. The SMILES string of the molecule is Cc1noc(CNc2cc([N+](=O)[O-])ccc2C(=O)O)n1. The average molecular weight is 278 g/mol. The number of carboxylic acid groups (broad SMARTS) is 1. The van der Waals surface area contributed by atoms with Gasteiger partial charge in [-0.1, -0.05) is 5.16 Å². The van der Waals surface area contributed by atoms with E-state index in [-0.39, 0.29) is 29.4 Å². The Morgan fingerprint density at radius 2 is 2.30 bits per heavy atom. The third kappa shape index (κ3) is 2.88. The molecule has 1 aromatic heterocycles. The quantitative estimate of drug-likeness (QED) is 0.622. The molecule has 0 radical (unpaired) electrons. The van der Waals surface area contributed by atoms with E-state index in [1.54, 1.807) is 6.92 Å². The Labute approximate surface area is 112 Å². The Morgan fingerprint density at radius 1 is 1.55 bits per heavy atom. The van der Waals surface area contributed by atoms with Gasteiger partial charge < -0.3 is 14.9 Å². The van der Waals surface area contributed by atoms with Crippen LogP contribution in [0.2, 0.25) is 0 Å². The molecule has 0 saturated carbocycles. The van der Waals surface area contributed by atoms with Crippen molar-refractivity contribution in [2.24, 2.45) is 0 Å². The van der Waals surface area contributed by atoms with E-state index in [0.29, 0.717) is 5.82 Å². The number of benzene rings is 1. The largest absolute Gasteiger partial charge is 0.478 e. The van der Waals surface area contributed by atoms with Gasteiger partial charge >= 0.3 is 5.97 Å². The number of aryl methyl sites for hydroxylation is 1. The number of non-ortho nitro benzene ring substituents is 1. The third-order valence-corrected chi connectivity index (χ3v) is 2.44. The molecule has 0 aliphatic heterocycles. The highest BCUT2D eigenvalue weighted by molar-refractivity contribution is 5.94. The first-order valence-electron chi connectivity index (χ1n) is 5.52. The zero-order valence-corrected chi connectivity index (χ0v) is 10.4. The van der Waals surface area contributed by atoms with Crippen LogP contribution in [-0.4, -0.2) is 26.1 Å². The first kappa shape index (κ1) is 13.5. The lowest BCUT2D eigenvalue weighted by atomic mass is 10.1. The molecule has 9 heteroatoms. The Bertz CT molecular complexity index is 667. The molecule has 2 aromatic rings. The Kier molecular flexibility index (Phi) is 3.60. The molecule has 104 valence electrons. The zero-order valence-electron chi connectivity index (χ0n) is 10.4. The maximum Gasteiger partial charge on any atom is 0.337 e. The van der Waals surface area contributed by atoms with Gasteiger partial charge in [0.1, 0.15) is 0 Å². The van der Waals surface area contributed by atoms with Crippen LogP contribution in [0.4, 0.5) is 11.4 Å². The van der Waals surface area contributed by atoms with Crippen molar-refractivity contribution < 1.29 is 19.3 Å². The van der Waals surface area contributed by atoms with Crippen molar-refractivity contribution >= 4 is 17.3 Å². The van der Waals surface area contributed by atoms with Crippen LogP contribution in [0.15, 0.2) is 22.7 Å². The van der Waals surface area contributed by atoms with Crippen LogP contribution >= 0.6 is 0 Å². The Hall–Kier alpha value is -2.97. The van der Waals surface area contributed by atoms with Gasteiger partial charge in [-0.05, 0) is 13.0 Å². The summed E-state index contributed by atoms with van der Waals surface area (Å²) in [5.74, 6) is -0.492. The minimum absolute atomic E-state index is 0.0717. The summed E-state index contributed by atoms with van der Waals surface area (Å²) in [4.78, 5) is 25.1. The van der Waals surface area contributed by atoms with Crippen molar-refractivity contribution in [2.45, 2.75) is 13.5 Å². The molecule has 1 heterocycles. The van der Waals surface area contributed by atoms with Gasteiger partial charge in [0.15, 0.2) is 5.82 Å². The van der Waals surface area contributed by atoms with Gasteiger partial charge in [0.2, 0.25) is 5.89 Å². The lowest BCUT2D eigenvalue weighted by Gasteiger charge is -2.07. The average Bonchev–Trinajstić information content (AvgIpc) is 2.81. The lowest BCUT2D eigenvalue weighted by molar-refractivity contribution is -0.384. The van der Waals surface area contributed by atoms with Gasteiger partial charge in [-0.25, -0.2) is 4.79 Å². The number of nitro groups is 1. The predicted molar refractivity (Wildman–Crippen MR) is 66.4 cm³/mol. The number of carbonyl (C=O) groups is 1. The summed E-state index contributed by atoms with van der Waals surface area (Å²) in [7, 11) is 0. The third-order valence-electron chi connectivity index (χ3n) is 2.44. The number of nitrogens with zero attached hydrogens (tertiary/aromatic N) is 3. The van der Waals surface area contributed by atoms with Crippen molar-refractivity contribution in [2.75, 3.05) is 5.32 Å². The van der Waals surface area contributed by atoms with Crippen LogP contribution in [0.5, 0.6) is 0 Å². The van der Waals surface area contributed by atoms with Gasteiger partial charge in [0, 0.05) is 12.1 Å². The maximum absolute atomic E-state index is 11.1. The summed E-state index contributed by atoms with van der Waals surface area (Å²) in [5, 5.41) is 26.1. The van der Waals surface area contributed by atoms with E-state index in [2.05, 4.69) is 15.5 Å². The fraction of sp³-hybridized carbons (Fsp3) is 0.182. The maximum atomic E-state index is 11.1. The second kappa shape index (κ2) is 5.34. The first-order chi connectivity index (χ1) is 9.47. The summed E-state index contributed by atoms with van der Waals surface area (Å²) in [5.41, 5.74) is -0.173. The zero-order chi connectivity index (χ0) is 14.7. The molecule has 0 unspecified atom stereocenters. The van der Waals surface area contributed by atoms with E-state index in [0.717, 1.165) is 12.1 Å². The number of hydrogen-bond acceptors (Lipinski definition) is 7. The van der Waals surface area contributed by atoms with Crippen molar-refractivity contribution in [1.29, 1.82) is 0 Å². The second-order valence-corrected chi connectivity index (χ2v) is 3.88. The fourth-order valence-electron chi connectivity index (χ4n) is 1.56. The highest BCUT2D eigenvalue weighted by Crippen LogP contribution is 2.23. The van der Waals surface area contributed by atoms with E-state index < -0.39 is 10.9 Å². The fourth-order valence-corrected chi connectivity index (χ4v) is 1.56. The van der Waals surface area contributed by atoms with Gasteiger partial charge in [-0.3, -0.25) is 10.1 Å². The number of carboxylic acids is 1. The summed E-state index contributed by atoms with van der Waals surface area (Å²) in [6.07, 6.45) is 0. The van der Waals surface area contributed by atoms with E-state index in [1.165, 1.54) is 6.07 Å². The number of rotatable bonds is 5. The molecule has 20 heavy (non-hydrogen) atoms. The number of nitrogens with one attached hydrogen (secondary N) is 1. The topological polar surface area (TPSA) is 131 Å². The number of aromatic carboxylic acids is 1. The van der Waals surface area contributed by atoms with Crippen LogP contribution in [0, 0.1) is 17.0 Å². The summed E-state index contributed by atoms with van der Waals surface area (Å²) in [6.45, 7) is 1.71. The minimum atomic E-state index is -1.19. The molecule has 0 aliphatic carbocycles. The number of hydrogen-bond donors (Lipinski definition) is 2. The summed E-state index contributed by atoms with van der Waals surface area (Å²) < 4.78 is 4.86. The van der Waals surface area contributed by atoms with Gasteiger partial charge in [-0.15, -0.1) is 0 Å². The van der Waals surface area contributed by atoms with Gasteiger partial charge in [0.25, 0.3) is 5.69 Å². The predicted octanol–water partition coefficient (Wildman–Crippen LogP) is 1.60. The molecule has 0 saturated heterocycles. The molecule has 0 amide bonds. The lowest BCUT2D eigenvalue weighted by Crippen LogP contribution is -2.07. The molecule has 2 N–H and O–H groups in total. The molecule has 0 aliphatic rings. The number of nitro benzene ring substituents is 1. The van der Waals surface area contributed by atoms with Crippen molar-refractivity contribution in [3.63, 3.8) is 0 Å². The molecule has 1 aromatic carbocycles. The van der Waals surface area contributed by atoms with Crippen LogP contribution < -0.4 is 5.32 Å².